The molecule has 1 atom stereocenters. The van der Waals surface area contributed by atoms with E-state index < -0.39 is 0 Å². The van der Waals surface area contributed by atoms with E-state index >= 15 is 0 Å². The molecule has 0 saturated carbocycles. The van der Waals surface area contributed by atoms with Crippen LogP contribution in [0.1, 0.15) is 5.56 Å². The van der Waals surface area contributed by atoms with Crippen LogP contribution in [0.3, 0.4) is 0 Å². The Morgan fingerprint density at radius 3 is 2.65 bits per heavy atom. The van der Waals surface area contributed by atoms with Crippen LogP contribution in [0.4, 0.5) is 0 Å². The van der Waals surface area contributed by atoms with Crippen molar-refractivity contribution in [3.8, 4) is 5.75 Å². The van der Waals surface area contributed by atoms with Crippen LogP contribution >= 0.6 is 0 Å². The number of hydrogen-bond acceptors (Lipinski definition) is 4. The Hall–Kier alpha value is -1.10. The molecule has 4 heteroatoms. The maximum Gasteiger partial charge on any atom is 0.123 e. The van der Waals surface area contributed by atoms with Gasteiger partial charge >= 0.3 is 0 Å². The lowest BCUT2D eigenvalue weighted by Crippen LogP contribution is -2.38. The van der Waals surface area contributed by atoms with E-state index in [0.717, 1.165) is 18.8 Å². The van der Waals surface area contributed by atoms with Crippen molar-refractivity contribution in [2.45, 2.75) is 12.6 Å². The van der Waals surface area contributed by atoms with Gasteiger partial charge in [-0.05, 0) is 13.1 Å². The molecule has 17 heavy (non-hydrogen) atoms. The van der Waals surface area contributed by atoms with Crippen molar-refractivity contribution < 1.29 is 9.47 Å². The van der Waals surface area contributed by atoms with Gasteiger partial charge in [-0.25, -0.2) is 0 Å². The zero-order chi connectivity index (χ0) is 12.7. The standard InChI is InChI=1S/C13H22N2O2/c1-15(9-12(14)10-16-2)8-11-6-4-5-7-13(11)17-3/h4-7,12H,8-10,14H2,1-3H3. The maximum atomic E-state index is 5.91. The molecule has 2 N–H and O–H groups in total. The van der Waals surface area contributed by atoms with Crippen LogP contribution in [0, 0.1) is 0 Å². The van der Waals surface area contributed by atoms with Gasteiger partial charge in [0.25, 0.3) is 0 Å². The number of ether oxygens (including phenoxy) is 2. The van der Waals surface area contributed by atoms with E-state index in [1.807, 2.05) is 25.2 Å². The Morgan fingerprint density at radius 2 is 2.00 bits per heavy atom. The van der Waals surface area contributed by atoms with Gasteiger partial charge in [0.05, 0.1) is 13.7 Å². The molecular formula is C13H22N2O2. The Labute approximate surface area is 103 Å². The largest absolute Gasteiger partial charge is 0.496 e. The van der Waals surface area contributed by atoms with Crippen LogP contribution in [-0.4, -0.2) is 45.4 Å². The van der Waals surface area contributed by atoms with Crippen molar-refractivity contribution in [1.29, 1.82) is 0 Å². The number of hydrogen-bond donors (Lipinski definition) is 1. The number of benzene rings is 1. The van der Waals surface area contributed by atoms with Crippen molar-refractivity contribution in [2.24, 2.45) is 5.73 Å². The number of methoxy groups -OCH3 is 2. The third-order valence-electron chi connectivity index (χ3n) is 2.56. The summed E-state index contributed by atoms with van der Waals surface area (Å²) in [5.74, 6) is 0.916. The van der Waals surface area contributed by atoms with E-state index in [0.29, 0.717) is 6.61 Å². The molecule has 4 nitrogen and oxygen atoms in total. The summed E-state index contributed by atoms with van der Waals surface area (Å²) >= 11 is 0. The second-order valence-electron chi connectivity index (χ2n) is 4.22. The van der Waals surface area contributed by atoms with Gasteiger partial charge in [0.2, 0.25) is 0 Å². The van der Waals surface area contributed by atoms with E-state index in [-0.39, 0.29) is 6.04 Å². The van der Waals surface area contributed by atoms with Crippen molar-refractivity contribution in [3.05, 3.63) is 29.8 Å². The second-order valence-corrected chi connectivity index (χ2v) is 4.22. The predicted molar refractivity (Wildman–Crippen MR) is 69.2 cm³/mol. The highest BCUT2D eigenvalue weighted by Gasteiger charge is 2.09. The van der Waals surface area contributed by atoms with Gasteiger partial charge in [0, 0.05) is 31.8 Å². The first kappa shape index (κ1) is 14.0. The van der Waals surface area contributed by atoms with Crippen LogP contribution < -0.4 is 10.5 Å². The Morgan fingerprint density at radius 1 is 1.29 bits per heavy atom. The van der Waals surface area contributed by atoms with E-state index in [2.05, 4.69) is 11.0 Å². The predicted octanol–water partition coefficient (Wildman–Crippen LogP) is 1.10. The van der Waals surface area contributed by atoms with Crippen LogP contribution in [0.5, 0.6) is 5.75 Å². The van der Waals surface area contributed by atoms with Gasteiger partial charge in [0.1, 0.15) is 5.75 Å². The molecule has 1 unspecified atom stereocenters. The molecule has 0 heterocycles. The normalized spacial score (nSPS) is 12.8. The van der Waals surface area contributed by atoms with Gasteiger partial charge < -0.3 is 20.1 Å². The summed E-state index contributed by atoms with van der Waals surface area (Å²) in [4.78, 5) is 2.17. The van der Waals surface area contributed by atoms with Crippen LogP contribution in [0.15, 0.2) is 24.3 Å². The fourth-order valence-corrected chi connectivity index (χ4v) is 1.86. The fraction of sp³-hybridized carbons (Fsp3) is 0.538. The average molecular weight is 238 g/mol. The lowest BCUT2D eigenvalue weighted by molar-refractivity contribution is 0.159. The summed E-state index contributed by atoms with van der Waals surface area (Å²) in [7, 11) is 5.40. The Balaban J connectivity index is 2.52. The summed E-state index contributed by atoms with van der Waals surface area (Å²) in [5.41, 5.74) is 7.08. The van der Waals surface area contributed by atoms with Gasteiger partial charge in [-0.3, -0.25) is 0 Å². The van der Waals surface area contributed by atoms with Crippen LogP contribution in [-0.2, 0) is 11.3 Å². The molecule has 1 rings (SSSR count). The minimum Gasteiger partial charge on any atom is -0.496 e. The summed E-state index contributed by atoms with van der Waals surface area (Å²) < 4.78 is 10.3. The van der Waals surface area contributed by atoms with Crippen molar-refractivity contribution >= 4 is 0 Å². The lowest BCUT2D eigenvalue weighted by Gasteiger charge is -2.21. The zero-order valence-electron chi connectivity index (χ0n) is 10.8. The highest BCUT2D eigenvalue weighted by molar-refractivity contribution is 5.32. The molecule has 0 spiro atoms. The lowest BCUT2D eigenvalue weighted by atomic mass is 10.2. The summed E-state index contributed by atoms with van der Waals surface area (Å²) in [6.45, 7) is 2.20. The Kier molecular flexibility index (Phi) is 5.97. The summed E-state index contributed by atoms with van der Waals surface area (Å²) in [6.07, 6.45) is 0. The van der Waals surface area contributed by atoms with Gasteiger partial charge in [-0.1, -0.05) is 18.2 Å². The number of nitrogens with zero attached hydrogens (tertiary/aromatic N) is 1. The highest BCUT2D eigenvalue weighted by Crippen LogP contribution is 2.18. The molecule has 0 aliphatic carbocycles. The molecule has 0 saturated heterocycles. The third kappa shape index (κ3) is 4.73. The van der Waals surface area contributed by atoms with E-state index in [1.54, 1.807) is 14.2 Å². The monoisotopic (exact) mass is 238 g/mol. The molecule has 1 aromatic carbocycles. The molecular weight excluding hydrogens is 216 g/mol. The third-order valence-corrected chi connectivity index (χ3v) is 2.56. The van der Waals surface area contributed by atoms with E-state index in [4.69, 9.17) is 15.2 Å². The maximum absolute atomic E-state index is 5.91. The quantitative estimate of drug-likeness (QED) is 0.773. The average Bonchev–Trinajstić information content (AvgIpc) is 2.29. The van der Waals surface area contributed by atoms with Gasteiger partial charge in [-0.15, -0.1) is 0 Å². The fourth-order valence-electron chi connectivity index (χ4n) is 1.86. The first-order valence-electron chi connectivity index (χ1n) is 5.72. The first-order chi connectivity index (χ1) is 8.17. The molecule has 0 aromatic heterocycles. The number of nitrogens with two attached hydrogens (primary N) is 1. The van der Waals surface area contributed by atoms with Gasteiger partial charge in [0.15, 0.2) is 0 Å². The second kappa shape index (κ2) is 7.27. The van der Waals surface area contributed by atoms with Crippen LogP contribution in [0.25, 0.3) is 0 Å². The Bertz CT molecular complexity index is 331. The SMILES string of the molecule is COCC(N)CN(C)Cc1ccccc1OC. The molecule has 0 radical (unpaired) electrons. The summed E-state index contributed by atoms with van der Waals surface area (Å²) in [6, 6.07) is 8.06. The molecule has 1 aromatic rings. The molecule has 0 fully saturated rings. The van der Waals surface area contributed by atoms with Crippen molar-refractivity contribution in [3.63, 3.8) is 0 Å². The van der Waals surface area contributed by atoms with Crippen molar-refractivity contribution in [1.82, 2.24) is 4.90 Å². The minimum absolute atomic E-state index is 0.0414. The zero-order valence-corrected chi connectivity index (χ0v) is 10.8. The molecule has 0 aliphatic rings. The van der Waals surface area contributed by atoms with Crippen LogP contribution in [0.2, 0.25) is 0 Å². The van der Waals surface area contributed by atoms with E-state index in [1.165, 1.54) is 5.56 Å². The number of rotatable bonds is 7. The number of likely N-dealkylation sites (N-methyl/N-ethyl adjacent to an activating group) is 1. The molecule has 0 aliphatic heterocycles. The topological polar surface area (TPSA) is 47.7 Å². The first-order valence-corrected chi connectivity index (χ1v) is 5.72. The molecule has 96 valence electrons. The summed E-state index contributed by atoms with van der Waals surface area (Å²) in [5, 5.41) is 0. The van der Waals surface area contributed by atoms with Gasteiger partial charge in [-0.2, -0.15) is 0 Å². The molecule has 0 amide bonds. The molecule has 0 bridgehead atoms. The van der Waals surface area contributed by atoms with Crippen molar-refractivity contribution in [2.75, 3.05) is 34.4 Å². The number of para-hydroxylation sites is 1. The highest BCUT2D eigenvalue weighted by atomic mass is 16.5. The minimum atomic E-state index is 0.0414. The smallest absolute Gasteiger partial charge is 0.123 e. The van der Waals surface area contributed by atoms with E-state index in [9.17, 15) is 0 Å².